The fraction of sp³-hybridized carbons (Fsp3) is 0.105. The number of nitrogens with zero attached hydrogens (tertiary/aromatic N) is 1. The zero-order valence-corrected chi connectivity index (χ0v) is 15.2. The van der Waals surface area contributed by atoms with Crippen molar-refractivity contribution in [3.63, 3.8) is 0 Å². The summed E-state index contributed by atoms with van der Waals surface area (Å²) in [6, 6.07) is 15.1. The number of nitrogens with one attached hydrogen (secondary N) is 1. The summed E-state index contributed by atoms with van der Waals surface area (Å²) in [5.41, 5.74) is 1.44. The molecule has 1 heterocycles. The first-order chi connectivity index (χ1) is 12.4. The number of hydrogen-bond acceptors (Lipinski definition) is 4. The Balaban J connectivity index is 1.69. The van der Waals surface area contributed by atoms with E-state index >= 15 is 0 Å². The van der Waals surface area contributed by atoms with Crippen molar-refractivity contribution < 1.29 is 14.3 Å². The number of pyridine rings is 1. The van der Waals surface area contributed by atoms with Crippen LogP contribution in [0.4, 0.5) is 5.69 Å². The van der Waals surface area contributed by atoms with Gasteiger partial charge in [0.25, 0.3) is 5.91 Å². The number of benzene rings is 2. The van der Waals surface area contributed by atoms with Gasteiger partial charge in [0.15, 0.2) is 6.10 Å². The van der Waals surface area contributed by atoms with Gasteiger partial charge in [-0.2, -0.15) is 0 Å². The molecule has 1 unspecified atom stereocenters. The Kier molecular flexibility index (Phi) is 5.40. The molecule has 0 aliphatic heterocycles. The largest absolute Gasteiger partial charge is 0.449 e. The molecule has 1 aromatic heterocycles. The van der Waals surface area contributed by atoms with E-state index in [-0.39, 0.29) is 0 Å². The first-order valence-electron chi connectivity index (χ1n) is 7.77. The third-order valence-corrected chi connectivity index (χ3v) is 4.22. The van der Waals surface area contributed by atoms with Crippen LogP contribution in [0.3, 0.4) is 0 Å². The number of aromatic nitrogens is 1. The fourth-order valence-electron chi connectivity index (χ4n) is 2.31. The summed E-state index contributed by atoms with van der Waals surface area (Å²) in [5.74, 6) is -1.08. The number of para-hydroxylation sites is 1. The average Bonchev–Trinajstić information content (AvgIpc) is 2.63. The van der Waals surface area contributed by atoms with E-state index in [4.69, 9.17) is 27.9 Å². The highest BCUT2D eigenvalue weighted by Gasteiger charge is 2.20. The van der Waals surface area contributed by atoms with E-state index < -0.39 is 18.0 Å². The van der Waals surface area contributed by atoms with Crippen molar-refractivity contribution >= 4 is 51.7 Å². The molecule has 0 spiro atoms. The lowest BCUT2D eigenvalue weighted by Crippen LogP contribution is -2.30. The maximum atomic E-state index is 12.3. The number of rotatable bonds is 4. The highest BCUT2D eigenvalue weighted by molar-refractivity contribution is 6.33. The fourth-order valence-corrected chi connectivity index (χ4v) is 2.64. The van der Waals surface area contributed by atoms with E-state index in [2.05, 4.69) is 10.3 Å². The number of hydrogen-bond donors (Lipinski definition) is 1. The molecule has 0 aliphatic carbocycles. The SMILES string of the molecule is CC(OC(=O)c1ccc2nc(Cl)ccc2c1)C(=O)Nc1ccccc1Cl. The normalized spacial score (nSPS) is 11.8. The first kappa shape index (κ1) is 18.2. The number of fused-ring (bicyclic) bond motifs is 1. The second-order valence-corrected chi connectivity index (χ2v) is 6.35. The monoisotopic (exact) mass is 388 g/mol. The summed E-state index contributed by atoms with van der Waals surface area (Å²) in [4.78, 5) is 28.7. The van der Waals surface area contributed by atoms with Gasteiger partial charge >= 0.3 is 5.97 Å². The standard InChI is InChI=1S/C19H14Cl2N2O3/c1-11(18(24)23-16-5-3-2-4-14(16)20)26-19(25)13-6-8-15-12(10-13)7-9-17(21)22-15/h2-11H,1H3,(H,23,24). The molecule has 1 atom stereocenters. The number of halogens is 2. The van der Waals surface area contributed by atoms with Crippen LogP contribution in [0.15, 0.2) is 54.6 Å². The van der Waals surface area contributed by atoms with Crippen molar-refractivity contribution in [3.8, 4) is 0 Å². The molecule has 3 aromatic rings. The predicted molar refractivity (Wildman–Crippen MR) is 102 cm³/mol. The van der Waals surface area contributed by atoms with Gasteiger partial charge in [-0.25, -0.2) is 9.78 Å². The Labute approximate surface area is 159 Å². The van der Waals surface area contributed by atoms with Gasteiger partial charge in [0, 0.05) is 5.39 Å². The molecule has 5 nitrogen and oxygen atoms in total. The van der Waals surface area contributed by atoms with Crippen LogP contribution in [-0.4, -0.2) is 23.0 Å². The van der Waals surface area contributed by atoms with Crippen LogP contribution < -0.4 is 5.32 Å². The first-order valence-corrected chi connectivity index (χ1v) is 8.52. The van der Waals surface area contributed by atoms with Crippen molar-refractivity contribution in [3.05, 3.63) is 70.3 Å². The number of ether oxygens (including phenoxy) is 1. The van der Waals surface area contributed by atoms with Gasteiger partial charge in [-0.05, 0) is 49.4 Å². The minimum Gasteiger partial charge on any atom is -0.449 e. The molecule has 0 fully saturated rings. The second-order valence-electron chi connectivity index (χ2n) is 5.56. The van der Waals surface area contributed by atoms with E-state index in [0.29, 0.717) is 26.9 Å². The quantitative estimate of drug-likeness (QED) is 0.518. The topological polar surface area (TPSA) is 68.3 Å². The molecular formula is C19H14Cl2N2O3. The Hall–Kier alpha value is -2.63. The lowest BCUT2D eigenvalue weighted by atomic mass is 10.1. The molecule has 0 radical (unpaired) electrons. The number of anilines is 1. The lowest BCUT2D eigenvalue weighted by molar-refractivity contribution is -0.123. The third-order valence-electron chi connectivity index (χ3n) is 3.68. The summed E-state index contributed by atoms with van der Waals surface area (Å²) >= 11 is 11.8. The van der Waals surface area contributed by atoms with Gasteiger partial charge in [-0.3, -0.25) is 4.79 Å². The van der Waals surface area contributed by atoms with Crippen molar-refractivity contribution in [1.29, 1.82) is 0 Å². The molecule has 0 bridgehead atoms. The van der Waals surface area contributed by atoms with Gasteiger partial charge in [0.2, 0.25) is 0 Å². The minimum absolute atomic E-state index is 0.319. The summed E-state index contributed by atoms with van der Waals surface area (Å²) in [6.07, 6.45) is -0.988. The lowest BCUT2D eigenvalue weighted by Gasteiger charge is -2.14. The van der Waals surface area contributed by atoms with Crippen LogP contribution in [0.5, 0.6) is 0 Å². The zero-order chi connectivity index (χ0) is 18.7. The molecule has 0 aliphatic rings. The number of carbonyl (C=O) groups is 2. The maximum absolute atomic E-state index is 12.3. The highest BCUT2D eigenvalue weighted by atomic mass is 35.5. The van der Waals surface area contributed by atoms with E-state index in [9.17, 15) is 9.59 Å². The van der Waals surface area contributed by atoms with Gasteiger partial charge in [0.1, 0.15) is 5.15 Å². The molecule has 2 aromatic carbocycles. The van der Waals surface area contributed by atoms with Crippen molar-refractivity contribution in [1.82, 2.24) is 4.98 Å². The van der Waals surface area contributed by atoms with Gasteiger partial charge in [-0.1, -0.05) is 35.3 Å². The smallest absolute Gasteiger partial charge is 0.338 e. The van der Waals surface area contributed by atoms with Gasteiger partial charge in [-0.15, -0.1) is 0 Å². The highest BCUT2D eigenvalue weighted by Crippen LogP contribution is 2.21. The zero-order valence-electron chi connectivity index (χ0n) is 13.7. The Morgan fingerprint density at radius 2 is 1.85 bits per heavy atom. The number of amides is 1. The van der Waals surface area contributed by atoms with Crippen LogP contribution in [-0.2, 0) is 9.53 Å². The van der Waals surface area contributed by atoms with E-state index in [0.717, 1.165) is 5.39 Å². The summed E-state index contributed by atoms with van der Waals surface area (Å²) < 4.78 is 5.24. The molecular weight excluding hydrogens is 375 g/mol. The van der Waals surface area contributed by atoms with Crippen LogP contribution >= 0.6 is 23.2 Å². The van der Waals surface area contributed by atoms with Crippen LogP contribution in [0.2, 0.25) is 10.2 Å². The van der Waals surface area contributed by atoms with Crippen LogP contribution in [0, 0.1) is 0 Å². The third kappa shape index (κ3) is 4.12. The second kappa shape index (κ2) is 7.72. The molecule has 0 saturated carbocycles. The maximum Gasteiger partial charge on any atom is 0.338 e. The van der Waals surface area contributed by atoms with Crippen LogP contribution in [0.25, 0.3) is 10.9 Å². The van der Waals surface area contributed by atoms with Crippen molar-refractivity contribution in [2.75, 3.05) is 5.32 Å². The van der Waals surface area contributed by atoms with E-state index in [1.807, 2.05) is 0 Å². The molecule has 0 saturated heterocycles. The summed E-state index contributed by atoms with van der Waals surface area (Å²) in [6.45, 7) is 1.49. The molecule has 3 rings (SSSR count). The summed E-state index contributed by atoms with van der Waals surface area (Å²) in [5, 5.41) is 4.15. The molecule has 26 heavy (non-hydrogen) atoms. The van der Waals surface area contributed by atoms with E-state index in [1.165, 1.54) is 6.92 Å². The van der Waals surface area contributed by atoms with Crippen molar-refractivity contribution in [2.24, 2.45) is 0 Å². The number of carbonyl (C=O) groups excluding carboxylic acids is 2. The Morgan fingerprint density at radius 1 is 1.08 bits per heavy atom. The Bertz CT molecular complexity index is 991. The van der Waals surface area contributed by atoms with E-state index in [1.54, 1.807) is 54.6 Å². The molecule has 1 N–H and O–H groups in total. The van der Waals surface area contributed by atoms with Crippen LogP contribution in [0.1, 0.15) is 17.3 Å². The van der Waals surface area contributed by atoms with Gasteiger partial charge in [0.05, 0.1) is 21.8 Å². The average molecular weight is 389 g/mol. The van der Waals surface area contributed by atoms with Gasteiger partial charge < -0.3 is 10.1 Å². The molecule has 1 amide bonds. The summed E-state index contributed by atoms with van der Waals surface area (Å²) in [7, 11) is 0. The molecule has 7 heteroatoms. The number of esters is 1. The molecule has 132 valence electrons. The predicted octanol–water partition coefficient (Wildman–Crippen LogP) is 4.73. The van der Waals surface area contributed by atoms with Crippen molar-refractivity contribution in [2.45, 2.75) is 13.0 Å². The minimum atomic E-state index is -0.988. The Morgan fingerprint density at radius 3 is 2.62 bits per heavy atom.